The van der Waals surface area contributed by atoms with Crippen molar-refractivity contribution in [1.82, 2.24) is 10.2 Å². The van der Waals surface area contributed by atoms with Gasteiger partial charge < -0.3 is 5.32 Å². The molecule has 1 heterocycles. The van der Waals surface area contributed by atoms with Crippen molar-refractivity contribution in [2.75, 3.05) is 13.1 Å². The second kappa shape index (κ2) is 6.64. The lowest BCUT2D eigenvalue weighted by molar-refractivity contribution is 0.0883. The summed E-state index contributed by atoms with van der Waals surface area (Å²) >= 11 is 0. The van der Waals surface area contributed by atoms with Gasteiger partial charge in [-0.25, -0.2) is 8.78 Å². The van der Waals surface area contributed by atoms with Gasteiger partial charge in [-0.2, -0.15) is 0 Å². The van der Waals surface area contributed by atoms with Gasteiger partial charge in [-0.05, 0) is 45.4 Å². The Morgan fingerprint density at radius 1 is 1.30 bits per heavy atom. The normalized spacial score (nSPS) is 24.3. The molecular weight excluding hydrogens is 258 g/mol. The molecule has 0 aliphatic carbocycles. The van der Waals surface area contributed by atoms with Crippen LogP contribution in [0.2, 0.25) is 0 Å². The number of nitrogens with zero attached hydrogens (tertiary/aromatic N) is 1. The standard InChI is InChI=1S/C16H24F2N2/c1-4-19-12-8-9-20(11(2)3)15(10-12)16-13(17)6-5-7-14(16)18/h5-7,11-12,15,19H,4,8-10H2,1-3H3/t12-,15+/m1/s1. The zero-order valence-electron chi connectivity index (χ0n) is 12.5. The number of halogens is 2. The van der Waals surface area contributed by atoms with Crippen molar-refractivity contribution in [3.05, 3.63) is 35.4 Å². The Labute approximate surface area is 120 Å². The van der Waals surface area contributed by atoms with Gasteiger partial charge >= 0.3 is 0 Å². The third-order valence-corrected chi connectivity index (χ3v) is 4.13. The predicted octanol–water partition coefficient (Wildman–Crippen LogP) is 3.49. The van der Waals surface area contributed by atoms with Crippen LogP contribution in [0.3, 0.4) is 0 Å². The van der Waals surface area contributed by atoms with Crippen molar-refractivity contribution in [2.45, 2.75) is 51.7 Å². The maximum Gasteiger partial charge on any atom is 0.130 e. The number of hydrogen-bond acceptors (Lipinski definition) is 2. The fraction of sp³-hybridized carbons (Fsp3) is 0.625. The predicted molar refractivity (Wildman–Crippen MR) is 77.6 cm³/mol. The molecule has 4 heteroatoms. The van der Waals surface area contributed by atoms with Crippen LogP contribution in [0.25, 0.3) is 0 Å². The topological polar surface area (TPSA) is 15.3 Å². The van der Waals surface area contributed by atoms with Gasteiger partial charge in [0.1, 0.15) is 11.6 Å². The lowest BCUT2D eigenvalue weighted by Crippen LogP contribution is -2.47. The average molecular weight is 282 g/mol. The first-order valence-electron chi connectivity index (χ1n) is 7.47. The Bertz CT molecular complexity index is 428. The van der Waals surface area contributed by atoms with E-state index in [2.05, 4.69) is 31.0 Å². The maximum absolute atomic E-state index is 14.1. The van der Waals surface area contributed by atoms with E-state index in [0.717, 1.165) is 25.9 Å². The number of rotatable bonds is 4. The van der Waals surface area contributed by atoms with Crippen molar-refractivity contribution >= 4 is 0 Å². The third kappa shape index (κ3) is 3.18. The van der Waals surface area contributed by atoms with E-state index in [-0.39, 0.29) is 17.6 Å². The van der Waals surface area contributed by atoms with Crippen LogP contribution in [0, 0.1) is 11.6 Å². The van der Waals surface area contributed by atoms with E-state index in [9.17, 15) is 8.78 Å². The molecule has 20 heavy (non-hydrogen) atoms. The largest absolute Gasteiger partial charge is 0.314 e. The third-order valence-electron chi connectivity index (χ3n) is 4.13. The van der Waals surface area contributed by atoms with Crippen LogP contribution in [0.1, 0.15) is 45.2 Å². The van der Waals surface area contributed by atoms with Gasteiger partial charge in [0.15, 0.2) is 0 Å². The quantitative estimate of drug-likeness (QED) is 0.909. The lowest BCUT2D eigenvalue weighted by atomic mass is 9.90. The van der Waals surface area contributed by atoms with E-state index in [0.29, 0.717) is 6.04 Å². The van der Waals surface area contributed by atoms with Crippen LogP contribution in [0.4, 0.5) is 8.78 Å². The van der Waals surface area contributed by atoms with Gasteiger partial charge in [0.2, 0.25) is 0 Å². The van der Waals surface area contributed by atoms with Crippen molar-refractivity contribution in [3.63, 3.8) is 0 Å². The van der Waals surface area contributed by atoms with Gasteiger partial charge in [0.05, 0.1) is 0 Å². The molecule has 0 radical (unpaired) electrons. The van der Waals surface area contributed by atoms with E-state index < -0.39 is 11.6 Å². The van der Waals surface area contributed by atoms with Gasteiger partial charge in [-0.15, -0.1) is 0 Å². The minimum atomic E-state index is -0.433. The number of hydrogen-bond donors (Lipinski definition) is 1. The molecule has 0 spiro atoms. The van der Waals surface area contributed by atoms with Crippen LogP contribution in [0.5, 0.6) is 0 Å². The summed E-state index contributed by atoms with van der Waals surface area (Å²) in [4.78, 5) is 2.20. The molecule has 0 saturated carbocycles. The minimum Gasteiger partial charge on any atom is -0.314 e. The Morgan fingerprint density at radius 3 is 2.50 bits per heavy atom. The van der Waals surface area contributed by atoms with Crippen molar-refractivity contribution < 1.29 is 8.78 Å². The van der Waals surface area contributed by atoms with E-state index in [1.807, 2.05) is 0 Å². The van der Waals surface area contributed by atoms with Gasteiger partial charge in [0, 0.05) is 30.2 Å². The molecule has 0 bridgehead atoms. The fourth-order valence-electron chi connectivity index (χ4n) is 3.19. The smallest absolute Gasteiger partial charge is 0.130 e. The minimum absolute atomic E-state index is 0.186. The first kappa shape index (κ1) is 15.4. The highest BCUT2D eigenvalue weighted by atomic mass is 19.1. The van der Waals surface area contributed by atoms with E-state index in [4.69, 9.17) is 0 Å². The molecule has 1 aromatic rings. The first-order valence-corrected chi connectivity index (χ1v) is 7.47. The van der Waals surface area contributed by atoms with Crippen LogP contribution in [-0.2, 0) is 0 Å². The lowest BCUT2D eigenvalue weighted by Gasteiger charge is -2.42. The molecule has 1 aliphatic rings. The van der Waals surface area contributed by atoms with Crippen LogP contribution in [-0.4, -0.2) is 30.1 Å². The molecule has 1 fully saturated rings. The number of nitrogens with one attached hydrogen (secondary N) is 1. The summed E-state index contributed by atoms with van der Waals surface area (Å²) in [6.07, 6.45) is 1.78. The summed E-state index contributed by atoms with van der Waals surface area (Å²) in [6, 6.07) is 4.56. The van der Waals surface area contributed by atoms with Crippen molar-refractivity contribution in [2.24, 2.45) is 0 Å². The highest BCUT2D eigenvalue weighted by Crippen LogP contribution is 2.35. The highest BCUT2D eigenvalue weighted by molar-refractivity contribution is 5.24. The Kier molecular flexibility index (Phi) is 5.11. The molecule has 2 rings (SSSR count). The van der Waals surface area contributed by atoms with E-state index in [1.54, 1.807) is 0 Å². The van der Waals surface area contributed by atoms with Crippen molar-refractivity contribution in [1.29, 1.82) is 0 Å². The van der Waals surface area contributed by atoms with Gasteiger partial charge in [-0.1, -0.05) is 13.0 Å². The summed E-state index contributed by atoms with van der Waals surface area (Å²) in [6.45, 7) is 7.98. The summed E-state index contributed by atoms with van der Waals surface area (Å²) in [5.41, 5.74) is 0.226. The number of likely N-dealkylation sites (tertiary alicyclic amines) is 1. The van der Waals surface area contributed by atoms with Crippen LogP contribution >= 0.6 is 0 Å². The molecule has 2 atom stereocenters. The highest BCUT2D eigenvalue weighted by Gasteiger charge is 2.33. The molecular formula is C16H24F2N2. The Hall–Kier alpha value is -1.00. The second-order valence-electron chi connectivity index (χ2n) is 5.76. The zero-order valence-corrected chi connectivity index (χ0v) is 12.5. The second-order valence-corrected chi connectivity index (χ2v) is 5.76. The molecule has 2 nitrogen and oxygen atoms in total. The van der Waals surface area contributed by atoms with Gasteiger partial charge in [0.25, 0.3) is 0 Å². The molecule has 1 aromatic carbocycles. The molecule has 1 saturated heterocycles. The Balaban J connectivity index is 2.31. The molecule has 0 unspecified atom stereocenters. The monoisotopic (exact) mass is 282 g/mol. The summed E-state index contributed by atoms with van der Waals surface area (Å²) < 4.78 is 28.2. The first-order chi connectivity index (χ1) is 9.54. The Morgan fingerprint density at radius 2 is 1.95 bits per heavy atom. The van der Waals surface area contributed by atoms with Crippen molar-refractivity contribution in [3.8, 4) is 0 Å². The van der Waals surface area contributed by atoms with E-state index in [1.165, 1.54) is 18.2 Å². The molecule has 0 aromatic heterocycles. The fourth-order valence-corrected chi connectivity index (χ4v) is 3.19. The molecule has 1 N–H and O–H groups in total. The molecule has 112 valence electrons. The molecule has 1 aliphatic heterocycles. The van der Waals surface area contributed by atoms with E-state index >= 15 is 0 Å². The number of benzene rings is 1. The summed E-state index contributed by atoms with van der Waals surface area (Å²) in [7, 11) is 0. The number of piperidine rings is 1. The SMILES string of the molecule is CCN[C@@H]1CCN(C(C)C)[C@H](c2c(F)cccc2F)C1. The van der Waals surface area contributed by atoms with Crippen LogP contribution in [0.15, 0.2) is 18.2 Å². The average Bonchev–Trinajstić information content (AvgIpc) is 2.39. The summed E-state index contributed by atoms with van der Waals surface area (Å²) in [5.74, 6) is -0.865. The van der Waals surface area contributed by atoms with Crippen LogP contribution < -0.4 is 5.32 Å². The molecule has 0 amide bonds. The van der Waals surface area contributed by atoms with Gasteiger partial charge in [-0.3, -0.25) is 4.90 Å². The zero-order chi connectivity index (χ0) is 14.7. The maximum atomic E-state index is 14.1. The summed E-state index contributed by atoms with van der Waals surface area (Å²) in [5, 5.41) is 3.41.